The molecule has 3 aromatic rings. The third-order valence-corrected chi connectivity index (χ3v) is 6.78. The number of sulfonamides is 1. The molecule has 3 aromatic carbocycles. The zero-order valence-corrected chi connectivity index (χ0v) is 18.8. The number of rotatable bonds is 9. The third-order valence-electron chi connectivity index (χ3n) is 4.38. The maximum absolute atomic E-state index is 12.6. The topological polar surface area (TPSA) is 104 Å². The Hall–Kier alpha value is -3.14. The van der Waals surface area contributed by atoms with Gasteiger partial charge in [0.15, 0.2) is 0 Å². The van der Waals surface area contributed by atoms with E-state index in [0.717, 1.165) is 11.1 Å². The molecule has 0 spiro atoms. The highest BCUT2D eigenvalue weighted by Gasteiger charge is 2.16. The van der Waals surface area contributed by atoms with Gasteiger partial charge in [0.1, 0.15) is 0 Å². The fourth-order valence-corrected chi connectivity index (χ4v) is 4.58. The van der Waals surface area contributed by atoms with Crippen molar-refractivity contribution in [2.45, 2.75) is 17.2 Å². The molecule has 32 heavy (non-hydrogen) atoms. The highest BCUT2D eigenvalue weighted by molar-refractivity contribution is 7.99. The molecule has 0 radical (unpaired) electrons. The van der Waals surface area contributed by atoms with Gasteiger partial charge in [0.05, 0.1) is 10.6 Å². The number of hydrogen-bond acceptors (Lipinski definition) is 5. The van der Waals surface area contributed by atoms with Crippen LogP contribution in [0.4, 0.5) is 0 Å². The Kier molecular flexibility index (Phi) is 8.43. The molecular weight excluding hydrogens is 446 g/mol. The first kappa shape index (κ1) is 23.5. The van der Waals surface area contributed by atoms with Crippen LogP contribution < -0.4 is 15.6 Å². The fraction of sp³-hybridized carbons (Fsp3) is 0.130. The highest BCUT2D eigenvalue weighted by atomic mass is 32.2. The van der Waals surface area contributed by atoms with Crippen molar-refractivity contribution >= 4 is 33.6 Å². The lowest BCUT2D eigenvalue weighted by atomic mass is 10.2. The van der Waals surface area contributed by atoms with E-state index in [-0.39, 0.29) is 28.7 Å². The molecule has 0 fully saturated rings. The van der Waals surface area contributed by atoms with Gasteiger partial charge in [0.2, 0.25) is 15.9 Å². The van der Waals surface area contributed by atoms with Crippen LogP contribution in [0.3, 0.4) is 0 Å². The molecule has 0 aliphatic carbocycles. The van der Waals surface area contributed by atoms with E-state index in [2.05, 4.69) is 15.6 Å². The Morgan fingerprint density at radius 1 is 0.781 bits per heavy atom. The molecular formula is C23H23N3O4S2. The number of nitrogens with one attached hydrogen (secondary N) is 3. The third kappa shape index (κ3) is 7.23. The molecule has 0 saturated carbocycles. The summed E-state index contributed by atoms with van der Waals surface area (Å²) < 4.78 is 27.6. The second kappa shape index (κ2) is 11.5. The predicted octanol–water partition coefficient (Wildman–Crippen LogP) is 2.86. The van der Waals surface area contributed by atoms with Crippen molar-refractivity contribution in [3.63, 3.8) is 0 Å². The first-order valence-electron chi connectivity index (χ1n) is 9.78. The van der Waals surface area contributed by atoms with Gasteiger partial charge in [0, 0.05) is 17.9 Å². The Balaban J connectivity index is 1.50. The van der Waals surface area contributed by atoms with Crippen molar-refractivity contribution in [2.75, 3.05) is 5.75 Å². The molecule has 2 amide bonds. The van der Waals surface area contributed by atoms with Crippen molar-refractivity contribution < 1.29 is 18.0 Å². The summed E-state index contributed by atoms with van der Waals surface area (Å²) in [6.07, 6.45) is 0. The number of amides is 2. The molecule has 0 aromatic heterocycles. The van der Waals surface area contributed by atoms with E-state index in [1.165, 1.54) is 36.0 Å². The summed E-state index contributed by atoms with van der Waals surface area (Å²) in [5, 5.41) is 0. The van der Waals surface area contributed by atoms with Gasteiger partial charge in [-0.3, -0.25) is 20.4 Å². The van der Waals surface area contributed by atoms with Crippen molar-refractivity contribution in [1.29, 1.82) is 0 Å². The predicted molar refractivity (Wildman–Crippen MR) is 125 cm³/mol. The summed E-state index contributed by atoms with van der Waals surface area (Å²) in [7, 11) is -3.80. The second-order valence-electron chi connectivity index (χ2n) is 6.82. The number of thioether (sulfide) groups is 1. The largest absolute Gasteiger partial charge is 0.272 e. The molecule has 0 aliphatic heterocycles. The molecule has 0 atom stereocenters. The maximum Gasteiger partial charge on any atom is 0.269 e. The van der Waals surface area contributed by atoms with Gasteiger partial charge in [0.25, 0.3) is 5.91 Å². The number of hydrogen-bond donors (Lipinski definition) is 3. The molecule has 3 rings (SSSR count). The van der Waals surface area contributed by atoms with Gasteiger partial charge in [-0.1, -0.05) is 66.7 Å². The first-order chi connectivity index (χ1) is 15.4. The molecule has 0 saturated heterocycles. The number of hydrazine groups is 1. The minimum atomic E-state index is -3.80. The van der Waals surface area contributed by atoms with Crippen LogP contribution in [-0.4, -0.2) is 26.0 Å². The minimum Gasteiger partial charge on any atom is -0.272 e. The summed E-state index contributed by atoms with van der Waals surface area (Å²) in [5.74, 6) is -0.107. The SMILES string of the molecule is O=C(CSCc1ccccc1)NNC(=O)c1cccc(S(=O)(=O)NCc2ccccc2)c1. The van der Waals surface area contributed by atoms with Gasteiger partial charge in [-0.2, -0.15) is 0 Å². The lowest BCUT2D eigenvalue weighted by molar-refractivity contribution is -0.119. The number of benzene rings is 3. The van der Waals surface area contributed by atoms with E-state index in [4.69, 9.17) is 0 Å². The van der Waals surface area contributed by atoms with Crippen LogP contribution in [0.5, 0.6) is 0 Å². The molecule has 0 heterocycles. The van der Waals surface area contributed by atoms with Crippen molar-refractivity contribution in [2.24, 2.45) is 0 Å². The zero-order valence-electron chi connectivity index (χ0n) is 17.2. The van der Waals surface area contributed by atoms with E-state index >= 15 is 0 Å². The minimum absolute atomic E-state index is 0.0363. The van der Waals surface area contributed by atoms with Crippen LogP contribution in [0.1, 0.15) is 21.5 Å². The molecule has 0 bridgehead atoms. The average molecular weight is 470 g/mol. The van der Waals surface area contributed by atoms with E-state index < -0.39 is 15.9 Å². The second-order valence-corrected chi connectivity index (χ2v) is 9.57. The van der Waals surface area contributed by atoms with Crippen molar-refractivity contribution in [3.8, 4) is 0 Å². The zero-order chi connectivity index (χ0) is 22.8. The smallest absolute Gasteiger partial charge is 0.269 e. The van der Waals surface area contributed by atoms with Crippen molar-refractivity contribution in [3.05, 3.63) is 102 Å². The maximum atomic E-state index is 12.6. The molecule has 3 N–H and O–H groups in total. The average Bonchev–Trinajstić information content (AvgIpc) is 2.83. The summed E-state index contributed by atoms with van der Waals surface area (Å²) in [6.45, 7) is 0.135. The molecule has 7 nitrogen and oxygen atoms in total. The van der Waals surface area contributed by atoms with Crippen LogP contribution in [0.2, 0.25) is 0 Å². The van der Waals surface area contributed by atoms with Gasteiger partial charge >= 0.3 is 0 Å². The standard InChI is InChI=1S/C23H23N3O4S2/c27-22(17-31-16-19-10-5-2-6-11-19)25-26-23(28)20-12-7-13-21(14-20)32(29,30)24-15-18-8-3-1-4-9-18/h1-14,24H,15-17H2,(H,25,27)(H,26,28). The Bertz CT molecular complexity index is 1150. The van der Waals surface area contributed by atoms with Crippen molar-refractivity contribution in [1.82, 2.24) is 15.6 Å². The van der Waals surface area contributed by atoms with Gasteiger partial charge in [-0.15, -0.1) is 11.8 Å². The summed E-state index contributed by atoms with van der Waals surface area (Å²) in [5.41, 5.74) is 6.70. The molecule has 9 heteroatoms. The molecule has 0 unspecified atom stereocenters. The quantitative estimate of drug-likeness (QED) is 0.418. The first-order valence-corrected chi connectivity index (χ1v) is 12.4. The summed E-state index contributed by atoms with van der Waals surface area (Å²) in [6, 6.07) is 24.5. The van der Waals surface area contributed by atoms with Crippen LogP contribution in [0.15, 0.2) is 89.8 Å². The Labute approximate surface area is 191 Å². The van der Waals surface area contributed by atoms with Crippen LogP contribution in [-0.2, 0) is 27.1 Å². The highest BCUT2D eigenvalue weighted by Crippen LogP contribution is 2.13. The Morgan fingerprint density at radius 2 is 1.44 bits per heavy atom. The van der Waals surface area contributed by atoms with Gasteiger partial charge in [-0.05, 0) is 29.3 Å². The van der Waals surface area contributed by atoms with E-state index in [0.29, 0.717) is 5.75 Å². The normalized spacial score (nSPS) is 11.0. The monoisotopic (exact) mass is 469 g/mol. The number of carbonyl (C=O) groups is 2. The van der Waals surface area contributed by atoms with E-state index in [9.17, 15) is 18.0 Å². The molecule has 166 valence electrons. The summed E-state index contributed by atoms with van der Waals surface area (Å²) >= 11 is 1.42. The van der Waals surface area contributed by atoms with Crippen LogP contribution in [0, 0.1) is 0 Å². The van der Waals surface area contributed by atoms with Gasteiger partial charge < -0.3 is 0 Å². The fourth-order valence-electron chi connectivity index (χ4n) is 2.73. The van der Waals surface area contributed by atoms with E-state index in [1.807, 2.05) is 60.7 Å². The van der Waals surface area contributed by atoms with E-state index in [1.54, 1.807) is 0 Å². The lowest BCUT2D eigenvalue weighted by Crippen LogP contribution is -2.42. The molecule has 0 aliphatic rings. The lowest BCUT2D eigenvalue weighted by Gasteiger charge is -2.10. The van der Waals surface area contributed by atoms with Gasteiger partial charge in [-0.25, -0.2) is 13.1 Å². The van der Waals surface area contributed by atoms with Crippen LogP contribution >= 0.6 is 11.8 Å². The van der Waals surface area contributed by atoms with Crippen LogP contribution in [0.25, 0.3) is 0 Å². The Morgan fingerprint density at radius 3 is 2.12 bits per heavy atom. The summed E-state index contributed by atoms with van der Waals surface area (Å²) in [4.78, 5) is 24.3. The number of carbonyl (C=O) groups excluding carboxylic acids is 2.